The van der Waals surface area contributed by atoms with Crippen molar-refractivity contribution in [2.45, 2.75) is 25.7 Å². The van der Waals surface area contributed by atoms with Crippen LogP contribution in [0.4, 0.5) is 0 Å². The highest BCUT2D eigenvalue weighted by atomic mass is 32.1. The number of nitrogens with zero attached hydrogens (tertiary/aromatic N) is 1. The van der Waals surface area contributed by atoms with Crippen LogP contribution in [0.3, 0.4) is 0 Å². The molecule has 0 radical (unpaired) electrons. The van der Waals surface area contributed by atoms with Crippen molar-refractivity contribution in [1.82, 2.24) is 4.90 Å². The highest BCUT2D eigenvalue weighted by Gasteiger charge is 2.22. The molecule has 2 heterocycles. The number of piperidine rings is 1. The summed E-state index contributed by atoms with van der Waals surface area (Å²) in [5.74, 6) is 0.517. The van der Waals surface area contributed by atoms with Gasteiger partial charge in [0.1, 0.15) is 0 Å². The predicted molar refractivity (Wildman–Crippen MR) is 69.0 cm³/mol. The van der Waals surface area contributed by atoms with E-state index in [1.807, 2.05) is 10.3 Å². The Morgan fingerprint density at radius 3 is 3.18 bits per heavy atom. The van der Waals surface area contributed by atoms with Gasteiger partial charge in [0, 0.05) is 26.1 Å². The van der Waals surface area contributed by atoms with Crippen LogP contribution in [0.25, 0.3) is 0 Å². The van der Waals surface area contributed by atoms with Crippen molar-refractivity contribution < 1.29 is 9.90 Å². The van der Waals surface area contributed by atoms with E-state index in [9.17, 15) is 4.79 Å². The largest absolute Gasteiger partial charge is 0.396 e. The molecule has 1 amide bonds. The smallest absolute Gasteiger partial charge is 0.222 e. The fraction of sp³-hybridized carbons (Fsp3) is 0.615. The van der Waals surface area contributed by atoms with E-state index in [0.717, 1.165) is 32.4 Å². The van der Waals surface area contributed by atoms with Gasteiger partial charge in [0.2, 0.25) is 5.91 Å². The first-order valence-electron chi connectivity index (χ1n) is 6.19. The summed E-state index contributed by atoms with van der Waals surface area (Å²) >= 11 is 1.67. The Bertz CT molecular complexity index is 350. The topological polar surface area (TPSA) is 40.5 Å². The zero-order chi connectivity index (χ0) is 12.1. The van der Waals surface area contributed by atoms with Crippen LogP contribution >= 0.6 is 11.3 Å². The Morgan fingerprint density at radius 2 is 2.47 bits per heavy atom. The summed E-state index contributed by atoms with van der Waals surface area (Å²) in [4.78, 5) is 13.9. The Morgan fingerprint density at radius 1 is 1.59 bits per heavy atom. The molecule has 17 heavy (non-hydrogen) atoms. The summed E-state index contributed by atoms with van der Waals surface area (Å²) in [6.07, 6.45) is 3.50. The van der Waals surface area contributed by atoms with Crippen molar-refractivity contribution in [3.8, 4) is 0 Å². The summed E-state index contributed by atoms with van der Waals surface area (Å²) in [6.45, 7) is 1.80. The molecular formula is C13H19NO2S. The van der Waals surface area contributed by atoms with Gasteiger partial charge in [-0.3, -0.25) is 4.79 Å². The molecule has 0 saturated carbocycles. The maximum absolute atomic E-state index is 12.0. The van der Waals surface area contributed by atoms with Gasteiger partial charge in [-0.1, -0.05) is 0 Å². The molecule has 4 heteroatoms. The maximum Gasteiger partial charge on any atom is 0.222 e. The Hall–Kier alpha value is -0.870. The molecule has 1 aliphatic heterocycles. The van der Waals surface area contributed by atoms with E-state index in [1.165, 1.54) is 5.56 Å². The second kappa shape index (κ2) is 6.17. The fourth-order valence-electron chi connectivity index (χ4n) is 2.28. The Labute approximate surface area is 106 Å². The number of aryl methyl sites for hydroxylation is 1. The number of amides is 1. The summed E-state index contributed by atoms with van der Waals surface area (Å²) in [7, 11) is 0. The molecule has 3 nitrogen and oxygen atoms in total. The molecule has 1 unspecified atom stereocenters. The molecule has 94 valence electrons. The van der Waals surface area contributed by atoms with E-state index in [2.05, 4.69) is 11.4 Å². The number of carbonyl (C=O) groups is 1. The van der Waals surface area contributed by atoms with Gasteiger partial charge in [0.15, 0.2) is 0 Å². The van der Waals surface area contributed by atoms with Gasteiger partial charge in [-0.25, -0.2) is 0 Å². The molecule has 1 atom stereocenters. The van der Waals surface area contributed by atoms with Gasteiger partial charge < -0.3 is 10.0 Å². The molecule has 1 fully saturated rings. The Balaban J connectivity index is 1.79. The molecule has 0 spiro atoms. The minimum Gasteiger partial charge on any atom is -0.396 e. The van der Waals surface area contributed by atoms with Crippen molar-refractivity contribution in [2.24, 2.45) is 5.92 Å². The zero-order valence-electron chi connectivity index (χ0n) is 9.97. The lowest BCUT2D eigenvalue weighted by atomic mass is 9.98. The fourth-order valence-corrected chi connectivity index (χ4v) is 2.99. The van der Waals surface area contributed by atoms with Crippen molar-refractivity contribution >= 4 is 17.2 Å². The van der Waals surface area contributed by atoms with Crippen LogP contribution in [0.1, 0.15) is 24.8 Å². The van der Waals surface area contributed by atoms with Gasteiger partial charge in [0.05, 0.1) is 0 Å². The predicted octanol–water partition coefficient (Wildman–Crippen LogP) is 1.91. The molecule has 1 aliphatic rings. The lowest BCUT2D eigenvalue weighted by Gasteiger charge is -2.31. The van der Waals surface area contributed by atoms with Crippen molar-refractivity contribution in [1.29, 1.82) is 0 Å². The quantitative estimate of drug-likeness (QED) is 0.890. The van der Waals surface area contributed by atoms with Crippen LogP contribution in [-0.2, 0) is 11.2 Å². The highest BCUT2D eigenvalue weighted by Crippen LogP contribution is 2.17. The molecule has 0 aromatic carbocycles. The van der Waals surface area contributed by atoms with Crippen LogP contribution in [0, 0.1) is 5.92 Å². The number of aliphatic hydroxyl groups excluding tert-OH is 1. The average molecular weight is 253 g/mol. The number of thiophene rings is 1. The molecular weight excluding hydrogens is 234 g/mol. The number of hydrogen-bond acceptors (Lipinski definition) is 3. The molecule has 1 aromatic heterocycles. The van der Waals surface area contributed by atoms with Gasteiger partial charge in [-0.2, -0.15) is 11.3 Å². The van der Waals surface area contributed by atoms with E-state index in [1.54, 1.807) is 11.3 Å². The van der Waals surface area contributed by atoms with Crippen LogP contribution in [0.15, 0.2) is 16.8 Å². The van der Waals surface area contributed by atoms with Crippen LogP contribution in [0.2, 0.25) is 0 Å². The SMILES string of the molecule is O=C(CCc1ccsc1)N1CCCC(CO)C1. The normalized spacial score (nSPS) is 20.5. The van der Waals surface area contributed by atoms with E-state index in [0.29, 0.717) is 6.42 Å². The van der Waals surface area contributed by atoms with Gasteiger partial charge in [0.25, 0.3) is 0 Å². The summed E-state index contributed by atoms with van der Waals surface area (Å²) in [6, 6.07) is 2.07. The van der Waals surface area contributed by atoms with E-state index < -0.39 is 0 Å². The summed E-state index contributed by atoms with van der Waals surface area (Å²) in [5.41, 5.74) is 1.25. The molecule has 1 aromatic rings. The second-order valence-electron chi connectivity index (χ2n) is 4.66. The third-order valence-corrected chi connectivity index (χ3v) is 4.07. The lowest BCUT2D eigenvalue weighted by Crippen LogP contribution is -2.41. The average Bonchev–Trinajstić information content (AvgIpc) is 2.89. The molecule has 2 rings (SSSR count). The van der Waals surface area contributed by atoms with Crippen LogP contribution < -0.4 is 0 Å². The van der Waals surface area contributed by atoms with Crippen molar-refractivity contribution in [3.05, 3.63) is 22.4 Å². The second-order valence-corrected chi connectivity index (χ2v) is 5.44. The molecule has 1 N–H and O–H groups in total. The maximum atomic E-state index is 12.0. The molecule has 1 saturated heterocycles. The molecule has 0 bridgehead atoms. The first kappa shape index (κ1) is 12.6. The minimum atomic E-state index is 0.203. The lowest BCUT2D eigenvalue weighted by molar-refractivity contribution is -0.133. The number of likely N-dealkylation sites (tertiary alicyclic amines) is 1. The highest BCUT2D eigenvalue weighted by molar-refractivity contribution is 7.07. The Kier molecular flexibility index (Phi) is 4.57. The number of hydrogen-bond donors (Lipinski definition) is 1. The zero-order valence-corrected chi connectivity index (χ0v) is 10.8. The van der Waals surface area contributed by atoms with Crippen molar-refractivity contribution in [2.75, 3.05) is 19.7 Å². The summed E-state index contributed by atoms with van der Waals surface area (Å²) < 4.78 is 0. The van der Waals surface area contributed by atoms with E-state index >= 15 is 0 Å². The number of carbonyl (C=O) groups excluding carboxylic acids is 1. The van der Waals surface area contributed by atoms with Gasteiger partial charge >= 0.3 is 0 Å². The van der Waals surface area contributed by atoms with Gasteiger partial charge in [-0.15, -0.1) is 0 Å². The van der Waals surface area contributed by atoms with Crippen LogP contribution in [-0.4, -0.2) is 35.6 Å². The molecule has 0 aliphatic carbocycles. The van der Waals surface area contributed by atoms with E-state index in [-0.39, 0.29) is 18.4 Å². The first-order valence-corrected chi connectivity index (χ1v) is 7.13. The van der Waals surface area contributed by atoms with Crippen molar-refractivity contribution in [3.63, 3.8) is 0 Å². The monoisotopic (exact) mass is 253 g/mol. The van der Waals surface area contributed by atoms with Gasteiger partial charge in [-0.05, 0) is 47.6 Å². The first-order chi connectivity index (χ1) is 8.29. The number of rotatable bonds is 4. The third kappa shape index (κ3) is 3.54. The summed E-state index contributed by atoms with van der Waals surface area (Å²) in [5, 5.41) is 13.3. The third-order valence-electron chi connectivity index (χ3n) is 3.34. The standard InChI is InChI=1S/C13H19NO2S/c15-9-12-2-1-6-14(8-12)13(16)4-3-11-5-7-17-10-11/h5,7,10,12,15H,1-4,6,8-9H2. The minimum absolute atomic E-state index is 0.203. The van der Waals surface area contributed by atoms with E-state index in [4.69, 9.17) is 5.11 Å². The van der Waals surface area contributed by atoms with Crippen LogP contribution in [0.5, 0.6) is 0 Å². The number of aliphatic hydroxyl groups is 1.